The van der Waals surface area contributed by atoms with Crippen molar-refractivity contribution in [2.45, 2.75) is 39.0 Å². The van der Waals surface area contributed by atoms with Crippen molar-refractivity contribution >= 4 is 21.7 Å². The second kappa shape index (κ2) is 6.48. The van der Waals surface area contributed by atoms with E-state index < -0.39 is 0 Å². The Morgan fingerprint density at radius 2 is 1.94 bits per heavy atom. The molecule has 0 saturated carbocycles. The molecular formula is C13H22BrN3O. The molecule has 0 saturated heterocycles. The third-order valence-corrected chi connectivity index (χ3v) is 3.34. The van der Waals surface area contributed by atoms with E-state index in [-0.39, 0.29) is 5.41 Å². The highest BCUT2D eigenvalue weighted by atomic mass is 79.9. The Kier molecular flexibility index (Phi) is 5.53. The van der Waals surface area contributed by atoms with Crippen molar-refractivity contribution in [2.75, 3.05) is 26.1 Å². The first-order valence-corrected chi connectivity index (χ1v) is 6.93. The van der Waals surface area contributed by atoms with E-state index in [9.17, 15) is 0 Å². The van der Waals surface area contributed by atoms with Crippen LogP contribution in [0, 0.1) is 0 Å². The van der Waals surface area contributed by atoms with Crippen molar-refractivity contribution in [3.05, 3.63) is 16.0 Å². The van der Waals surface area contributed by atoms with Crippen LogP contribution in [-0.4, -0.2) is 30.7 Å². The number of hydrogen-bond acceptors (Lipinski definition) is 4. The Morgan fingerprint density at radius 1 is 1.28 bits per heavy atom. The highest BCUT2D eigenvalue weighted by molar-refractivity contribution is 9.10. The van der Waals surface area contributed by atoms with Crippen molar-refractivity contribution in [1.82, 2.24) is 9.97 Å². The number of rotatable bonds is 5. The summed E-state index contributed by atoms with van der Waals surface area (Å²) in [5.41, 5.74) is 1.03. The zero-order chi connectivity index (χ0) is 13.8. The molecule has 18 heavy (non-hydrogen) atoms. The maximum atomic E-state index is 5.06. The van der Waals surface area contributed by atoms with Crippen LogP contribution in [0.4, 0.5) is 5.82 Å². The molecule has 1 N–H and O–H groups in total. The van der Waals surface area contributed by atoms with Crippen LogP contribution in [0.1, 0.15) is 38.7 Å². The fourth-order valence-electron chi connectivity index (χ4n) is 1.64. The first-order valence-electron chi connectivity index (χ1n) is 6.13. The molecule has 0 unspecified atom stereocenters. The predicted molar refractivity (Wildman–Crippen MR) is 78.2 cm³/mol. The quantitative estimate of drug-likeness (QED) is 0.848. The summed E-state index contributed by atoms with van der Waals surface area (Å²) < 4.78 is 6.01. The van der Waals surface area contributed by atoms with Crippen LogP contribution in [0.15, 0.2) is 4.47 Å². The zero-order valence-electron chi connectivity index (χ0n) is 11.8. The van der Waals surface area contributed by atoms with Gasteiger partial charge in [-0.15, -0.1) is 0 Å². The summed E-state index contributed by atoms with van der Waals surface area (Å²) in [4.78, 5) is 9.18. The molecular weight excluding hydrogens is 294 g/mol. The molecule has 1 aromatic heterocycles. The van der Waals surface area contributed by atoms with Crippen LogP contribution in [0.5, 0.6) is 0 Å². The van der Waals surface area contributed by atoms with Gasteiger partial charge in [0, 0.05) is 32.6 Å². The Labute approximate surface area is 118 Å². The summed E-state index contributed by atoms with van der Waals surface area (Å²) in [6, 6.07) is 0. The van der Waals surface area contributed by atoms with E-state index in [0.717, 1.165) is 41.3 Å². The van der Waals surface area contributed by atoms with E-state index in [0.29, 0.717) is 0 Å². The molecule has 0 fully saturated rings. The number of anilines is 1. The fourth-order valence-corrected chi connectivity index (χ4v) is 2.61. The highest BCUT2D eigenvalue weighted by Crippen LogP contribution is 2.32. The molecule has 0 aliphatic rings. The molecule has 0 aliphatic carbocycles. The van der Waals surface area contributed by atoms with Crippen LogP contribution in [-0.2, 0) is 16.6 Å². The van der Waals surface area contributed by atoms with E-state index in [2.05, 4.69) is 52.0 Å². The third kappa shape index (κ3) is 3.92. The monoisotopic (exact) mass is 315 g/mol. The molecule has 0 aliphatic heterocycles. The largest absolute Gasteiger partial charge is 0.385 e. The SMILES string of the molecule is CNc1nc(CCCOC)nc(C(C)(C)C)c1Br. The van der Waals surface area contributed by atoms with E-state index >= 15 is 0 Å². The van der Waals surface area contributed by atoms with E-state index in [1.165, 1.54) is 0 Å². The van der Waals surface area contributed by atoms with Crippen LogP contribution >= 0.6 is 15.9 Å². The lowest BCUT2D eigenvalue weighted by atomic mass is 9.92. The maximum absolute atomic E-state index is 5.06. The predicted octanol–water partition coefficient (Wildman–Crippen LogP) is 3.16. The van der Waals surface area contributed by atoms with Crippen molar-refractivity contribution in [1.29, 1.82) is 0 Å². The molecule has 1 heterocycles. The van der Waals surface area contributed by atoms with Crippen LogP contribution < -0.4 is 5.32 Å². The molecule has 5 heteroatoms. The molecule has 102 valence electrons. The summed E-state index contributed by atoms with van der Waals surface area (Å²) in [5.74, 6) is 1.71. The molecule has 0 atom stereocenters. The number of ether oxygens (including phenoxy) is 1. The molecule has 0 bridgehead atoms. The summed E-state index contributed by atoms with van der Waals surface area (Å²) in [5, 5.41) is 3.11. The average molecular weight is 316 g/mol. The minimum Gasteiger partial charge on any atom is -0.385 e. The second-order valence-electron chi connectivity index (χ2n) is 5.25. The number of methoxy groups -OCH3 is 1. The lowest BCUT2D eigenvalue weighted by Crippen LogP contribution is -2.18. The normalized spacial score (nSPS) is 11.7. The fraction of sp³-hybridized carbons (Fsp3) is 0.692. The Balaban J connectivity index is 3.06. The molecule has 1 rings (SSSR count). The molecule has 0 aromatic carbocycles. The van der Waals surface area contributed by atoms with Crippen LogP contribution in [0.3, 0.4) is 0 Å². The summed E-state index contributed by atoms with van der Waals surface area (Å²) in [7, 11) is 3.58. The first kappa shape index (κ1) is 15.4. The van der Waals surface area contributed by atoms with Gasteiger partial charge in [0.25, 0.3) is 0 Å². The van der Waals surface area contributed by atoms with Gasteiger partial charge in [-0.05, 0) is 22.4 Å². The minimum absolute atomic E-state index is 0.0105. The molecule has 0 radical (unpaired) electrons. The van der Waals surface area contributed by atoms with Gasteiger partial charge in [0.2, 0.25) is 0 Å². The lowest BCUT2D eigenvalue weighted by Gasteiger charge is -2.21. The second-order valence-corrected chi connectivity index (χ2v) is 6.04. The highest BCUT2D eigenvalue weighted by Gasteiger charge is 2.22. The summed E-state index contributed by atoms with van der Waals surface area (Å²) >= 11 is 3.58. The van der Waals surface area contributed by atoms with Gasteiger partial charge in [-0.25, -0.2) is 9.97 Å². The van der Waals surface area contributed by atoms with Crippen molar-refractivity contribution < 1.29 is 4.74 Å². The van der Waals surface area contributed by atoms with Gasteiger partial charge >= 0.3 is 0 Å². The molecule has 0 amide bonds. The smallest absolute Gasteiger partial charge is 0.144 e. The number of nitrogens with zero attached hydrogens (tertiary/aromatic N) is 2. The number of aryl methyl sites for hydroxylation is 1. The van der Waals surface area contributed by atoms with Gasteiger partial charge in [-0.3, -0.25) is 0 Å². The van der Waals surface area contributed by atoms with E-state index in [4.69, 9.17) is 4.74 Å². The molecule has 4 nitrogen and oxygen atoms in total. The molecule has 0 spiro atoms. The number of hydrogen-bond donors (Lipinski definition) is 1. The third-order valence-electron chi connectivity index (χ3n) is 2.59. The topological polar surface area (TPSA) is 47.0 Å². The van der Waals surface area contributed by atoms with Gasteiger partial charge in [0.15, 0.2) is 0 Å². The van der Waals surface area contributed by atoms with Crippen molar-refractivity contribution in [2.24, 2.45) is 0 Å². The summed E-state index contributed by atoms with van der Waals surface area (Å²) in [6.45, 7) is 7.19. The maximum Gasteiger partial charge on any atom is 0.144 e. The van der Waals surface area contributed by atoms with Gasteiger partial charge < -0.3 is 10.1 Å². The van der Waals surface area contributed by atoms with E-state index in [1.807, 2.05) is 7.05 Å². The lowest BCUT2D eigenvalue weighted by molar-refractivity contribution is 0.194. The molecule has 1 aromatic rings. The number of nitrogens with one attached hydrogen (secondary N) is 1. The summed E-state index contributed by atoms with van der Waals surface area (Å²) in [6.07, 6.45) is 1.77. The van der Waals surface area contributed by atoms with Crippen molar-refractivity contribution in [3.63, 3.8) is 0 Å². The van der Waals surface area contributed by atoms with Gasteiger partial charge in [-0.1, -0.05) is 20.8 Å². The Morgan fingerprint density at radius 3 is 2.44 bits per heavy atom. The zero-order valence-corrected chi connectivity index (χ0v) is 13.4. The van der Waals surface area contributed by atoms with Gasteiger partial charge in [-0.2, -0.15) is 0 Å². The Bertz CT molecular complexity index is 402. The van der Waals surface area contributed by atoms with Gasteiger partial charge in [0.05, 0.1) is 10.2 Å². The minimum atomic E-state index is -0.0105. The van der Waals surface area contributed by atoms with Gasteiger partial charge in [0.1, 0.15) is 11.6 Å². The number of halogens is 1. The van der Waals surface area contributed by atoms with Crippen molar-refractivity contribution in [3.8, 4) is 0 Å². The van der Waals surface area contributed by atoms with Crippen LogP contribution in [0.25, 0.3) is 0 Å². The number of aromatic nitrogens is 2. The average Bonchev–Trinajstić information content (AvgIpc) is 2.29. The van der Waals surface area contributed by atoms with Crippen LogP contribution in [0.2, 0.25) is 0 Å². The first-order chi connectivity index (χ1) is 8.40. The Hall–Kier alpha value is -0.680. The van der Waals surface area contributed by atoms with E-state index in [1.54, 1.807) is 7.11 Å². The standard InChI is InChI=1S/C13H22BrN3O/c1-13(2,3)11-10(14)12(15-4)17-9(16-11)7-6-8-18-5/h6-8H2,1-5H3,(H,15,16,17).